The number of rotatable bonds is 4. The predicted octanol–water partition coefficient (Wildman–Crippen LogP) is 1.44. The van der Waals surface area contributed by atoms with Crippen LogP contribution in [0.25, 0.3) is 0 Å². The molecule has 72 valence electrons. The van der Waals surface area contributed by atoms with E-state index < -0.39 is 12.1 Å². The molecule has 0 saturated carbocycles. The van der Waals surface area contributed by atoms with E-state index in [1.807, 2.05) is 6.92 Å². The lowest BCUT2D eigenvalue weighted by Gasteiger charge is -2.02. The summed E-state index contributed by atoms with van der Waals surface area (Å²) < 4.78 is 25.8. The molecular weight excluding hydrogens is 180 g/mol. The Bertz CT molecular complexity index is 298. The van der Waals surface area contributed by atoms with E-state index in [0.29, 0.717) is 19.3 Å². The van der Waals surface area contributed by atoms with Crippen molar-refractivity contribution in [2.24, 2.45) is 0 Å². The molecule has 0 atom stereocenters. The van der Waals surface area contributed by atoms with Crippen LogP contribution in [0.3, 0.4) is 0 Å². The van der Waals surface area contributed by atoms with Crippen LogP contribution in [0.4, 0.5) is 8.78 Å². The first-order chi connectivity index (χ1) is 6.20. The van der Waals surface area contributed by atoms with Crippen molar-refractivity contribution in [1.82, 2.24) is 15.0 Å². The largest absolute Gasteiger partial charge is 0.296 e. The molecule has 6 heteroatoms. The summed E-state index contributed by atoms with van der Waals surface area (Å²) in [6.07, 6.45) is -1.75. The minimum atomic E-state index is -2.71. The molecule has 0 aromatic carbocycles. The van der Waals surface area contributed by atoms with Gasteiger partial charge in [-0.05, 0) is 6.42 Å². The maximum absolute atomic E-state index is 12.4. The Balaban J connectivity index is 3.06. The summed E-state index contributed by atoms with van der Waals surface area (Å²) in [5.74, 6) is 0. The molecule has 1 rings (SSSR count). The number of carbonyl (C=O) groups is 1. The van der Waals surface area contributed by atoms with Gasteiger partial charge in [0.15, 0.2) is 12.0 Å². The fourth-order valence-electron chi connectivity index (χ4n) is 1.02. The van der Waals surface area contributed by atoms with Crippen LogP contribution >= 0.6 is 0 Å². The van der Waals surface area contributed by atoms with Crippen LogP contribution in [-0.2, 0) is 6.54 Å². The lowest BCUT2D eigenvalue weighted by Crippen LogP contribution is -2.06. The molecular formula is C7H9F2N3O. The monoisotopic (exact) mass is 189 g/mol. The van der Waals surface area contributed by atoms with Crippen LogP contribution in [0.1, 0.15) is 36.0 Å². The van der Waals surface area contributed by atoms with Gasteiger partial charge in [-0.3, -0.25) is 4.79 Å². The number of aldehydes is 1. The number of halogens is 2. The number of hydrogen-bond acceptors (Lipinski definition) is 3. The second-order valence-corrected chi connectivity index (χ2v) is 2.50. The molecule has 0 fully saturated rings. The molecule has 0 amide bonds. The van der Waals surface area contributed by atoms with Crippen LogP contribution in [0.15, 0.2) is 0 Å². The third-order valence-corrected chi connectivity index (χ3v) is 1.55. The van der Waals surface area contributed by atoms with Gasteiger partial charge < -0.3 is 0 Å². The minimum absolute atomic E-state index is 0.275. The van der Waals surface area contributed by atoms with Crippen molar-refractivity contribution in [3.05, 3.63) is 11.4 Å². The first-order valence-corrected chi connectivity index (χ1v) is 3.87. The molecule has 0 spiro atoms. The van der Waals surface area contributed by atoms with Crippen molar-refractivity contribution in [2.75, 3.05) is 0 Å². The average Bonchev–Trinajstić information content (AvgIpc) is 2.48. The Morgan fingerprint density at radius 2 is 2.31 bits per heavy atom. The van der Waals surface area contributed by atoms with E-state index in [9.17, 15) is 13.6 Å². The van der Waals surface area contributed by atoms with Crippen LogP contribution in [0, 0.1) is 0 Å². The average molecular weight is 189 g/mol. The molecule has 0 aliphatic rings. The SMILES string of the molecule is CCCn1nnc(C=O)c1C(F)F. The minimum Gasteiger partial charge on any atom is -0.296 e. The molecule has 0 saturated heterocycles. The van der Waals surface area contributed by atoms with Crippen molar-refractivity contribution in [3.63, 3.8) is 0 Å². The summed E-state index contributed by atoms with van der Waals surface area (Å²) >= 11 is 0. The van der Waals surface area contributed by atoms with Crippen molar-refractivity contribution < 1.29 is 13.6 Å². The van der Waals surface area contributed by atoms with Gasteiger partial charge in [-0.1, -0.05) is 12.1 Å². The molecule has 1 aromatic rings. The quantitative estimate of drug-likeness (QED) is 0.673. The summed E-state index contributed by atoms with van der Waals surface area (Å²) in [5, 5.41) is 6.79. The van der Waals surface area contributed by atoms with E-state index in [-0.39, 0.29) is 5.69 Å². The van der Waals surface area contributed by atoms with Crippen molar-refractivity contribution in [3.8, 4) is 0 Å². The van der Waals surface area contributed by atoms with Gasteiger partial charge in [0.25, 0.3) is 6.43 Å². The van der Waals surface area contributed by atoms with E-state index in [4.69, 9.17) is 0 Å². The number of aryl methyl sites for hydroxylation is 1. The number of alkyl halides is 2. The molecule has 13 heavy (non-hydrogen) atoms. The lowest BCUT2D eigenvalue weighted by molar-refractivity contribution is 0.109. The highest BCUT2D eigenvalue weighted by Crippen LogP contribution is 2.20. The topological polar surface area (TPSA) is 47.8 Å². The molecule has 0 unspecified atom stereocenters. The Morgan fingerprint density at radius 3 is 2.77 bits per heavy atom. The third-order valence-electron chi connectivity index (χ3n) is 1.55. The maximum Gasteiger partial charge on any atom is 0.282 e. The maximum atomic E-state index is 12.4. The zero-order valence-electron chi connectivity index (χ0n) is 7.07. The smallest absolute Gasteiger partial charge is 0.282 e. The Labute approximate surface area is 73.5 Å². The number of nitrogens with zero attached hydrogens (tertiary/aromatic N) is 3. The van der Waals surface area contributed by atoms with Gasteiger partial charge in [-0.2, -0.15) is 0 Å². The Kier molecular flexibility index (Phi) is 3.05. The summed E-state index contributed by atoms with van der Waals surface area (Å²) in [5.41, 5.74) is -0.666. The van der Waals surface area contributed by atoms with Gasteiger partial charge in [0, 0.05) is 6.54 Å². The van der Waals surface area contributed by atoms with Crippen LogP contribution in [0.2, 0.25) is 0 Å². The molecule has 1 heterocycles. The highest BCUT2D eigenvalue weighted by atomic mass is 19.3. The molecule has 0 radical (unpaired) electrons. The molecule has 0 aliphatic heterocycles. The Morgan fingerprint density at radius 1 is 1.62 bits per heavy atom. The van der Waals surface area contributed by atoms with E-state index in [1.54, 1.807) is 0 Å². The summed E-state index contributed by atoms with van der Waals surface area (Å²) in [6, 6.07) is 0. The van der Waals surface area contributed by atoms with Crippen molar-refractivity contribution >= 4 is 6.29 Å². The first kappa shape index (κ1) is 9.76. The zero-order chi connectivity index (χ0) is 9.84. The van der Waals surface area contributed by atoms with Gasteiger partial charge in [-0.25, -0.2) is 13.5 Å². The molecule has 0 N–H and O–H groups in total. The van der Waals surface area contributed by atoms with E-state index in [2.05, 4.69) is 10.3 Å². The van der Waals surface area contributed by atoms with Gasteiger partial charge in [0.1, 0.15) is 5.69 Å². The third kappa shape index (κ3) is 1.88. The van der Waals surface area contributed by atoms with Crippen LogP contribution in [0.5, 0.6) is 0 Å². The van der Waals surface area contributed by atoms with Crippen LogP contribution in [-0.4, -0.2) is 21.3 Å². The fraction of sp³-hybridized carbons (Fsp3) is 0.571. The second-order valence-electron chi connectivity index (χ2n) is 2.50. The van der Waals surface area contributed by atoms with E-state index >= 15 is 0 Å². The molecule has 0 bridgehead atoms. The number of hydrogen-bond donors (Lipinski definition) is 0. The predicted molar refractivity (Wildman–Crippen MR) is 40.7 cm³/mol. The second kappa shape index (κ2) is 4.06. The van der Waals surface area contributed by atoms with Crippen molar-refractivity contribution in [2.45, 2.75) is 26.3 Å². The Hall–Kier alpha value is -1.33. The normalized spacial score (nSPS) is 10.8. The highest BCUT2D eigenvalue weighted by Gasteiger charge is 2.20. The number of aromatic nitrogens is 3. The standard InChI is InChI=1S/C7H9F2N3O/c1-2-3-12-6(7(8)9)5(4-13)10-11-12/h4,7H,2-3H2,1H3. The van der Waals surface area contributed by atoms with Gasteiger partial charge >= 0.3 is 0 Å². The first-order valence-electron chi connectivity index (χ1n) is 3.87. The molecule has 4 nitrogen and oxygen atoms in total. The molecule has 1 aromatic heterocycles. The summed E-state index contributed by atoms with van der Waals surface area (Å²) in [6.45, 7) is 2.18. The van der Waals surface area contributed by atoms with Crippen molar-refractivity contribution in [1.29, 1.82) is 0 Å². The zero-order valence-corrected chi connectivity index (χ0v) is 7.07. The molecule has 0 aliphatic carbocycles. The van der Waals surface area contributed by atoms with Gasteiger partial charge in [-0.15, -0.1) is 5.10 Å². The highest BCUT2D eigenvalue weighted by molar-refractivity contribution is 5.73. The fourth-order valence-corrected chi connectivity index (χ4v) is 1.02. The van der Waals surface area contributed by atoms with E-state index in [0.717, 1.165) is 4.68 Å². The van der Waals surface area contributed by atoms with E-state index in [1.165, 1.54) is 0 Å². The van der Waals surface area contributed by atoms with Gasteiger partial charge in [0.2, 0.25) is 0 Å². The summed E-state index contributed by atoms with van der Waals surface area (Å²) in [4.78, 5) is 10.3. The van der Waals surface area contributed by atoms with Gasteiger partial charge in [0.05, 0.1) is 0 Å². The lowest BCUT2D eigenvalue weighted by atomic mass is 10.3. The number of carbonyl (C=O) groups excluding carboxylic acids is 1. The van der Waals surface area contributed by atoms with Crippen LogP contribution < -0.4 is 0 Å². The summed E-state index contributed by atoms with van der Waals surface area (Å²) in [7, 11) is 0.